The highest BCUT2D eigenvalue weighted by Gasteiger charge is 2.14. The maximum Gasteiger partial charge on any atom is 0.0972 e. The van der Waals surface area contributed by atoms with Crippen molar-refractivity contribution in [3.05, 3.63) is 146 Å². The SMILES string of the molecule is c1cnc2c(c1)ccc1ccc(-c3cc(-c4ccc5ccc6ccncc6c5n4)cc(-c4ccc5ccc6cccnc6c5n4)c3)nc12. The summed E-state index contributed by atoms with van der Waals surface area (Å²) >= 11 is 0. The summed E-state index contributed by atoms with van der Waals surface area (Å²) in [5.41, 5.74) is 9.94. The second-order valence-electron chi connectivity index (χ2n) is 12.0. The minimum Gasteiger partial charge on any atom is -0.264 e. The Labute approximate surface area is 274 Å². The normalized spacial score (nSPS) is 11.8. The molecular weight excluding hydrogens is 589 g/mol. The van der Waals surface area contributed by atoms with Gasteiger partial charge in [0.2, 0.25) is 0 Å². The summed E-state index contributed by atoms with van der Waals surface area (Å²) in [5, 5.41) is 7.43. The topological polar surface area (TPSA) is 77.3 Å². The minimum atomic E-state index is 0.854. The molecule has 0 amide bonds. The van der Waals surface area contributed by atoms with Crippen molar-refractivity contribution < 1.29 is 0 Å². The smallest absolute Gasteiger partial charge is 0.0972 e. The van der Waals surface area contributed by atoms with E-state index in [1.165, 1.54) is 0 Å². The van der Waals surface area contributed by atoms with Crippen LogP contribution >= 0.6 is 0 Å². The van der Waals surface area contributed by atoms with Gasteiger partial charge in [0, 0.05) is 73.8 Å². The van der Waals surface area contributed by atoms with Crippen molar-refractivity contribution >= 4 is 65.3 Å². The molecule has 48 heavy (non-hydrogen) atoms. The summed E-state index contributed by atoms with van der Waals surface area (Å²) < 4.78 is 0. The Morgan fingerprint density at radius 1 is 0.333 bits per heavy atom. The van der Waals surface area contributed by atoms with E-state index in [9.17, 15) is 0 Å². The zero-order chi connectivity index (χ0) is 31.6. The van der Waals surface area contributed by atoms with Crippen molar-refractivity contribution in [1.29, 1.82) is 0 Å². The Morgan fingerprint density at radius 2 is 0.750 bits per heavy atom. The highest BCUT2D eigenvalue weighted by Crippen LogP contribution is 2.35. The average Bonchev–Trinajstić information content (AvgIpc) is 3.17. The molecule has 10 aromatic rings. The van der Waals surface area contributed by atoms with E-state index in [2.05, 4.69) is 118 Å². The second kappa shape index (κ2) is 10.4. The van der Waals surface area contributed by atoms with E-state index < -0.39 is 0 Å². The van der Waals surface area contributed by atoms with Crippen molar-refractivity contribution in [3.63, 3.8) is 0 Å². The molecule has 6 heteroatoms. The molecule has 10 rings (SSSR count). The van der Waals surface area contributed by atoms with Crippen LogP contribution in [-0.2, 0) is 0 Å². The maximum absolute atomic E-state index is 5.22. The van der Waals surface area contributed by atoms with Gasteiger partial charge in [-0.2, -0.15) is 0 Å². The molecule has 6 nitrogen and oxygen atoms in total. The van der Waals surface area contributed by atoms with E-state index in [1.54, 1.807) is 0 Å². The average molecular weight is 613 g/mol. The Kier molecular flexibility index (Phi) is 5.77. The molecular formula is C42H24N6. The first-order valence-corrected chi connectivity index (χ1v) is 15.8. The maximum atomic E-state index is 5.22. The van der Waals surface area contributed by atoms with Crippen molar-refractivity contribution in [2.45, 2.75) is 0 Å². The summed E-state index contributed by atoms with van der Waals surface area (Å²) in [6.07, 6.45) is 7.36. The number of benzene rings is 4. The van der Waals surface area contributed by atoms with Crippen LogP contribution in [0.3, 0.4) is 0 Å². The lowest BCUT2D eigenvalue weighted by Crippen LogP contribution is -1.94. The van der Waals surface area contributed by atoms with E-state index >= 15 is 0 Å². The van der Waals surface area contributed by atoms with Crippen LogP contribution in [0.25, 0.3) is 99.1 Å². The second-order valence-corrected chi connectivity index (χ2v) is 12.0. The summed E-state index contributed by atoms with van der Waals surface area (Å²) in [6, 6.07) is 41.9. The van der Waals surface area contributed by atoms with Crippen molar-refractivity contribution in [1.82, 2.24) is 29.9 Å². The molecule has 222 valence electrons. The Morgan fingerprint density at radius 3 is 1.27 bits per heavy atom. The quantitative estimate of drug-likeness (QED) is 0.185. The molecule has 6 aromatic heterocycles. The van der Waals surface area contributed by atoms with Crippen LogP contribution < -0.4 is 0 Å². The number of hydrogen-bond acceptors (Lipinski definition) is 6. The molecule has 0 atom stereocenters. The fourth-order valence-corrected chi connectivity index (χ4v) is 6.75. The van der Waals surface area contributed by atoms with E-state index in [4.69, 9.17) is 15.0 Å². The minimum absolute atomic E-state index is 0.854. The van der Waals surface area contributed by atoms with E-state index in [1.807, 2.05) is 43.0 Å². The molecule has 0 radical (unpaired) electrons. The first-order chi connectivity index (χ1) is 23.7. The van der Waals surface area contributed by atoms with Gasteiger partial charge in [0.15, 0.2) is 0 Å². The molecule has 0 N–H and O–H groups in total. The largest absolute Gasteiger partial charge is 0.264 e. The van der Waals surface area contributed by atoms with Crippen LogP contribution in [0.1, 0.15) is 0 Å². The van der Waals surface area contributed by atoms with Crippen molar-refractivity contribution in [2.24, 2.45) is 0 Å². The molecule has 0 spiro atoms. The number of nitrogens with zero attached hydrogens (tertiary/aromatic N) is 6. The van der Waals surface area contributed by atoms with Crippen LogP contribution in [0.4, 0.5) is 0 Å². The van der Waals surface area contributed by atoms with Gasteiger partial charge in [0.25, 0.3) is 0 Å². The first-order valence-electron chi connectivity index (χ1n) is 15.8. The van der Waals surface area contributed by atoms with Gasteiger partial charge in [0.1, 0.15) is 0 Å². The lowest BCUT2D eigenvalue weighted by Gasteiger charge is -2.13. The molecule has 0 saturated carbocycles. The number of pyridine rings is 6. The Bertz CT molecular complexity index is 2590. The van der Waals surface area contributed by atoms with Crippen molar-refractivity contribution in [2.75, 3.05) is 0 Å². The van der Waals surface area contributed by atoms with Gasteiger partial charge < -0.3 is 0 Å². The highest BCUT2D eigenvalue weighted by atomic mass is 14.8. The van der Waals surface area contributed by atoms with Crippen LogP contribution in [0, 0.1) is 0 Å². The lowest BCUT2D eigenvalue weighted by atomic mass is 9.97. The van der Waals surface area contributed by atoms with Gasteiger partial charge in [-0.1, -0.05) is 66.7 Å². The first kappa shape index (κ1) is 26.5. The number of aromatic nitrogens is 6. The van der Waals surface area contributed by atoms with Crippen LogP contribution in [0.2, 0.25) is 0 Å². The lowest BCUT2D eigenvalue weighted by molar-refractivity contribution is 1.34. The molecule has 0 aliphatic heterocycles. The van der Waals surface area contributed by atoms with E-state index in [-0.39, 0.29) is 0 Å². The molecule has 0 aliphatic carbocycles. The summed E-state index contributed by atoms with van der Waals surface area (Å²) in [4.78, 5) is 29.4. The number of fused-ring (bicyclic) bond motifs is 9. The molecule has 4 aromatic carbocycles. The monoisotopic (exact) mass is 612 g/mol. The third kappa shape index (κ3) is 4.27. The zero-order valence-corrected chi connectivity index (χ0v) is 25.5. The highest BCUT2D eigenvalue weighted by molar-refractivity contribution is 6.06. The predicted octanol–water partition coefficient (Wildman–Crippen LogP) is 9.98. The van der Waals surface area contributed by atoms with Gasteiger partial charge in [-0.25, -0.2) is 15.0 Å². The molecule has 6 heterocycles. The van der Waals surface area contributed by atoms with Gasteiger partial charge in [-0.15, -0.1) is 0 Å². The van der Waals surface area contributed by atoms with Gasteiger partial charge in [-0.05, 0) is 60.0 Å². The van der Waals surface area contributed by atoms with Gasteiger partial charge >= 0.3 is 0 Å². The predicted molar refractivity (Wildman–Crippen MR) is 195 cm³/mol. The van der Waals surface area contributed by atoms with Gasteiger partial charge in [-0.3, -0.25) is 15.0 Å². The van der Waals surface area contributed by atoms with Crippen molar-refractivity contribution in [3.8, 4) is 33.8 Å². The van der Waals surface area contributed by atoms with Crippen LogP contribution in [0.5, 0.6) is 0 Å². The number of hydrogen-bond donors (Lipinski definition) is 0. The Balaban J connectivity index is 1.22. The number of rotatable bonds is 3. The van der Waals surface area contributed by atoms with Gasteiger partial charge in [0.05, 0.1) is 44.7 Å². The van der Waals surface area contributed by atoms with E-state index in [0.29, 0.717) is 0 Å². The van der Waals surface area contributed by atoms with Crippen LogP contribution in [0.15, 0.2) is 146 Å². The summed E-state index contributed by atoms with van der Waals surface area (Å²) in [7, 11) is 0. The molecule has 0 bridgehead atoms. The summed E-state index contributed by atoms with van der Waals surface area (Å²) in [5.74, 6) is 0. The molecule has 0 fully saturated rings. The molecule has 0 aliphatic rings. The standard InChI is InChI=1S/C42H24N6/c1-3-26-7-9-29-12-15-36(47-41(29)39(26)44-18-1)32-21-31(35-14-11-28-6-5-25-17-20-43-24-34(25)38(28)46-35)22-33(23-32)37-16-13-30-10-8-27-4-2-19-45-40(27)42(30)48-37/h1-24H. The van der Waals surface area contributed by atoms with Crippen LogP contribution in [-0.4, -0.2) is 29.9 Å². The molecule has 0 saturated heterocycles. The molecule has 0 unspecified atom stereocenters. The fourth-order valence-electron chi connectivity index (χ4n) is 6.75. The zero-order valence-electron chi connectivity index (χ0n) is 25.5. The van der Waals surface area contributed by atoms with E-state index in [0.717, 1.165) is 99.1 Å². The third-order valence-corrected chi connectivity index (χ3v) is 9.16. The summed E-state index contributed by atoms with van der Waals surface area (Å²) in [6.45, 7) is 0. The Hall–Kier alpha value is -6.66. The fraction of sp³-hybridized carbons (Fsp3) is 0. The third-order valence-electron chi connectivity index (χ3n) is 9.16.